The Kier molecular flexibility index (Phi) is 2.60. The molecule has 3 heterocycles. The maximum Gasteiger partial charge on any atom is 0.354 e. The van der Waals surface area contributed by atoms with E-state index in [4.69, 9.17) is 5.11 Å². The number of carbonyl (C=O) groups is 3. The van der Waals surface area contributed by atoms with Gasteiger partial charge in [0.05, 0.1) is 0 Å². The Hall–Kier alpha value is -2.97. The summed E-state index contributed by atoms with van der Waals surface area (Å²) in [5.41, 5.74) is 0.249. The van der Waals surface area contributed by atoms with Gasteiger partial charge in [-0.05, 0) is 6.07 Å². The van der Waals surface area contributed by atoms with Crippen molar-refractivity contribution in [2.75, 3.05) is 11.4 Å². The van der Waals surface area contributed by atoms with Crippen LogP contribution in [0.25, 0.3) is 5.65 Å². The van der Waals surface area contributed by atoms with E-state index < -0.39 is 12.0 Å². The fourth-order valence-electron chi connectivity index (χ4n) is 1.96. The van der Waals surface area contributed by atoms with E-state index in [0.29, 0.717) is 5.65 Å². The zero-order valence-electron chi connectivity index (χ0n) is 10.1. The maximum atomic E-state index is 11.7. The Balaban J connectivity index is 2.05. The molecule has 0 unspecified atom stereocenters. The van der Waals surface area contributed by atoms with Gasteiger partial charge in [0.15, 0.2) is 17.2 Å². The zero-order valence-corrected chi connectivity index (χ0v) is 10.1. The van der Waals surface area contributed by atoms with Crippen LogP contribution in [0.1, 0.15) is 16.9 Å². The van der Waals surface area contributed by atoms with E-state index in [1.165, 1.54) is 23.2 Å². The van der Waals surface area contributed by atoms with Crippen molar-refractivity contribution in [1.82, 2.24) is 19.9 Å². The van der Waals surface area contributed by atoms with Crippen molar-refractivity contribution in [3.8, 4) is 0 Å². The van der Waals surface area contributed by atoms with Crippen LogP contribution in [0.5, 0.6) is 0 Å². The molecule has 1 saturated heterocycles. The summed E-state index contributed by atoms with van der Waals surface area (Å²) >= 11 is 0. The lowest BCUT2D eigenvalue weighted by Gasteiger charge is -2.23. The molecule has 2 N–H and O–H groups in total. The van der Waals surface area contributed by atoms with Crippen LogP contribution < -0.4 is 10.2 Å². The number of imide groups is 1. The predicted octanol–water partition coefficient (Wildman–Crippen LogP) is -0.126. The van der Waals surface area contributed by atoms with E-state index >= 15 is 0 Å². The van der Waals surface area contributed by atoms with Crippen molar-refractivity contribution < 1.29 is 19.5 Å². The number of hydrogen-bond acceptors (Lipinski definition) is 5. The maximum absolute atomic E-state index is 11.7. The molecule has 9 heteroatoms. The molecule has 3 amide bonds. The molecule has 0 saturated carbocycles. The van der Waals surface area contributed by atoms with Crippen molar-refractivity contribution in [3.63, 3.8) is 0 Å². The number of fused-ring (bicyclic) bond motifs is 1. The summed E-state index contributed by atoms with van der Waals surface area (Å²) in [6.07, 6.45) is 1.52. The Labute approximate surface area is 111 Å². The predicted molar refractivity (Wildman–Crippen MR) is 65.4 cm³/mol. The second kappa shape index (κ2) is 4.30. The van der Waals surface area contributed by atoms with Crippen LogP contribution in [0.3, 0.4) is 0 Å². The van der Waals surface area contributed by atoms with Gasteiger partial charge in [0.1, 0.15) is 0 Å². The number of rotatable bonds is 2. The molecule has 0 radical (unpaired) electrons. The second-order valence-corrected chi connectivity index (χ2v) is 4.16. The quantitative estimate of drug-likeness (QED) is 0.788. The Bertz CT molecular complexity index is 737. The molecule has 1 aliphatic rings. The number of urea groups is 1. The number of hydrogen-bond donors (Lipinski definition) is 2. The highest BCUT2D eigenvalue weighted by Gasteiger charge is 2.26. The summed E-state index contributed by atoms with van der Waals surface area (Å²) in [6, 6.07) is 2.22. The van der Waals surface area contributed by atoms with Gasteiger partial charge in [0.2, 0.25) is 5.91 Å². The average molecular weight is 275 g/mol. The molecule has 20 heavy (non-hydrogen) atoms. The van der Waals surface area contributed by atoms with Gasteiger partial charge in [-0.2, -0.15) is 0 Å². The van der Waals surface area contributed by atoms with E-state index in [9.17, 15) is 14.4 Å². The van der Waals surface area contributed by atoms with Crippen LogP contribution in [0.15, 0.2) is 18.3 Å². The highest BCUT2D eigenvalue weighted by molar-refractivity contribution is 6.05. The van der Waals surface area contributed by atoms with Crippen molar-refractivity contribution in [2.24, 2.45) is 0 Å². The largest absolute Gasteiger partial charge is 0.477 e. The minimum atomic E-state index is -1.15. The Morgan fingerprint density at radius 1 is 1.40 bits per heavy atom. The number of anilines is 1. The molecule has 2 aromatic rings. The van der Waals surface area contributed by atoms with Crippen LogP contribution in [0, 0.1) is 0 Å². The van der Waals surface area contributed by atoms with E-state index in [2.05, 4.69) is 15.4 Å². The summed E-state index contributed by atoms with van der Waals surface area (Å²) < 4.78 is 1.14. The van der Waals surface area contributed by atoms with Crippen molar-refractivity contribution in [1.29, 1.82) is 0 Å². The molecular formula is C11H9N5O4. The van der Waals surface area contributed by atoms with Gasteiger partial charge in [-0.1, -0.05) is 0 Å². The zero-order chi connectivity index (χ0) is 14.3. The van der Waals surface area contributed by atoms with Crippen LogP contribution in [-0.4, -0.2) is 44.2 Å². The van der Waals surface area contributed by atoms with Crippen LogP contribution >= 0.6 is 0 Å². The third-order valence-corrected chi connectivity index (χ3v) is 2.89. The smallest absolute Gasteiger partial charge is 0.354 e. The molecule has 2 aromatic heterocycles. The monoisotopic (exact) mass is 275 g/mol. The number of nitrogens with zero attached hydrogens (tertiary/aromatic N) is 4. The number of carboxylic acids is 1. The van der Waals surface area contributed by atoms with Gasteiger partial charge in [-0.25, -0.2) is 19.1 Å². The SMILES string of the molecule is O=C1CCN(c2cc3nccc(C(=O)O)n3n2)C(=O)N1. The first kappa shape index (κ1) is 12.1. The molecule has 1 fully saturated rings. The van der Waals surface area contributed by atoms with Gasteiger partial charge in [-0.3, -0.25) is 15.0 Å². The normalized spacial score (nSPS) is 15.5. The summed E-state index contributed by atoms with van der Waals surface area (Å²) in [5, 5.41) is 15.3. The number of nitrogens with one attached hydrogen (secondary N) is 1. The Morgan fingerprint density at radius 2 is 2.20 bits per heavy atom. The number of aromatic carboxylic acids is 1. The minimum Gasteiger partial charge on any atom is -0.477 e. The molecule has 3 rings (SSSR count). The van der Waals surface area contributed by atoms with Gasteiger partial charge in [-0.15, -0.1) is 5.10 Å². The lowest BCUT2D eigenvalue weighted by Crippen LogP contribution is -2.49. The van der Waals surface area contributed by atoms with Crippen LogP contribution in [0.2, 0.25) is 0 Å². The van der Waals surface area contributed by atoms with Crippen molar-refractivity contribution >= 4 is 29.4 Å². The number of carbonyl (C=O) groups excluding carboxylic acids is 2. The summed E-state index contributed by atoms with van der Waals surface area (Å²) in [5.74, 6) is -1.25. The first-order chi connectivity index (χ1) is 9.56. The van der Waals surface area contributed by atoms with Crippen LogP contribution in [0.4, 0.5) is 10.6 Å². The van der Waals surface area contributed by atoms with Gasteiger partial charge < -0.3 is 5.11 Å². The van der Waals surface area contributed by atoms with E-state index in [1.807, 2.05) is 0 Å². The van der Waals surface area contributed by atoms with Gasteiger partial charge >= 0.3 is 12.0 Å². The molecule has 0 aromatic carbocycles. The third kappa shape index (κ3) is 1.85. The molecule has 0 bridgehead atoms. The standard InChI is InChI=1S/C11H9N5O4/c17-9-2-4-15(11(20)13-9)8-5-7-12-3-1-6(10(18)19)16(7)14-8/h1,3,5H,2,4H2,(H,18,19)(H,13,17,20). The molecule has 0 atom stereocenters. The molecule has 102 valence electrons. The van der Waals surface area contributed by atoms with Crippen LogP contribution in [-0.2, 0) is 4.79 Å². The second-order valence-electron chi connectivity index (χ2n) is 4.16. The average Bonchev–Trinajstić information content (AvgIpc) is 2.81. The van der Waals surface area contributed by atoms with Crippen molar-refractivity contribution in [3.05, 3.63) is 24.0 Å². The van der Waals surface area contributed by atoms with E-state index in [0.717, 1.165) is 4.52 Å². The number of carboxylic acid groups (broad SMARTS) is 1. The first-order valence-corrected chi connectivity index (χ1v) is 5.75. The van der Waals surface area contributed by atoms with Crippen molar-refractivity contribution in [2.45, 2.75) is 6.42 Å². The molecular weight excluding hydrogens is 266 g/mol. The summed E-state index contributed by atoms with van der Waals surface area (Å²) in [6.45, 7) is 0.191. The third-order valence-electron chi connectivity index (χ3n) is 2.89. The highest BCUT2D eigenvalue weighted by atomic mass is 16.4. The molecule has 0 aliphatic carbocycles. The topological polar surface area (TPSA) is 117 Å². The molecule has 0 spiro atoms. The lowest BCUT2D eigenvalue weighted by molar-refractivity contribution is -0.120. The number of amides is 3. The summed E-state index contributed by atoms with van der Waals surface area (Å²) in [4.78, 5) is 39.1. The fraction of sp³-hybridized carbons (Fsp3) is 0.182. The van der Waals surface area contributed by atoms with E-state index in [-0.39, 0.29) is 30.4 Å². The van der Waals surface area contributed by atoms with Gasteiger partial charge in [0, 0.05) is 25.2 Å². The minimum absolute atomic E-state index is 0.0604. The highest BCUT2D eigenvalue weighted by Crippen LogP contribution is 2.17. The lowest BCUT2D eigenvalue weighted by atomic mass is 10.3. The molecule has 1 aliphatic heterocycles. The Morgan fingerprint density at radius 3 is 2.90 bits per heavy atom. The first-order valence-electron chi connectivity index (χ1n) is 5.75. The molecule has 9 nitrogen and oxygen atoms in total. The summed E-state index contributed by atoms with van der Waals surface area (Å²) in [7, 11) is 0. The van der Waals surface area contributed by atoms with E-state index in [1.54, 1.807) is 0 Å². The van der Waals surface area contributed by atoms with Gasteiger partial charge in [0.25, 0.3) is 0 Å². The number of aromatic nitrogens is 3. The fourth-order valence-corrected chi connectivity index (χ4v) is 1.96.